The maximum absolute atomic E-state index is 6.09. The molecule has 0 aliphatic carbocycles. The summed E-state index contributed by atoms with van der Waals surface area (Å²) in [5.41, 5.74) is 1.97. The Hall–Kier alpha value is -0.100. The fourth-order valence-electron chi connectivity index (χ4n) is 1.60. The van der Waals surface area contributed by atoms with Crippen molar-refractivity contribution >= 4 is 54.8 Å². The van der Waals surface area contributed by atoms with Crippen LogP contribution in [0.25, 0.3) is 10.4 Å². The largest absolute Gasteiger partial charge is 0.487 e. The highest BCUT2D eigenvalue weighted by Crippen LogP contribution is 2.45. The zero-order valence-electron chi connectivity index (χ0n) is 7.76. The van der Waals surface area contributed by atoms with Crippen LogP contribution in [0.3, 0.4) is 0 Å². The van der Waals surface area contributed by atoms with E-state index in [9.17, 15) is 0 Å². The van der Waals surface area contributed by atoms with Crippen LogP contribution in [0.4, 0.5) is 0 Å². The summed E-state index contributed by atoms with van der Waals surface area (Å²) in [4.78, 5) is 5.48. The first-order valence-corrected chi connectivity index (χ1v) is 7.20. The average molecular weight is 381 g/mol. The molecule has 0 saturated heterocycles. The van der Waals surface area contributed by atoms with Crippen molar-refractivity contribution in [1.29, 1.82) is 0 Å². The zero-order valence-corrected chi connectivity index (χ0v) is 12.5. The molecule has 6 heteroatoms. The molecule has 0 fully saturated rings. The van der Waals surface area contributed by atoms with Crippen molar-refractivity contribution in [2.24, 2.45) is 0 Å². The van der Waals surface area contributed by atoms with Gasteiger partial charge in [-0.1, -0.05) is 11.6 Å². The van der Waals surface area contributed by atoms with Gasteiger partial charge in [-0.2, -0.15) is 0 Å². The SMILES string of the molecule is Clc1cc2c(cc1Br)OCc1nc(Br)sc1-2. The van der Waals surface area contributed by atoms with E-state index in [-0.39, 0.29) is 0 Å². The van der Waals surface area contributed by atoms with Crippen molar-refractivity contribution in [1.82, 2.24) is 4.98 Å². The summed E-state index contributed by atoms with van der Waals surface area (Å²) >= 11 is 14.5. The molecule has 1 aliphatic rings. The van der Waals surface area contributed by atoms with E-state index in [4.69, 9.17) is 16.3 Å². The lowest BCUT2D eigenvalue weighted by atomic mass is 10.1. The van der Waals surface area contributed by atoms with Crippen molar-refractivity contribution < 1.29 is 4.74 Å². The summed E-state index contributed by atoms with van der Waals surface area (Å²) < 4.78 is 7.35. The monoisotopic (exact) mass is 379 g/mol. The molecule has 0 saturated carbocycles. The van der Waals surface area contributed by atoms with Crippen LogP contribution in [0.5, 0.6) is 5.75 Å². The van der Waals surface area contributed by atoms with Crippen LogP contribution in [0.2, 0.25) is 5.02 Å². The van der Waals surface area contributed by atoms with Gasteiger partial charge in [0.15, 0.2) is 3.92 Å². The van der Waals surface area contributed by atoms with Gasteiger partial charge in [0.05, 0.1) is 15.6 Å². The summed E-state index contributed by atoms with van der Waals surface area (Å²) in [6.45, 7) is 0.512. The number of halogens is 3. The molecule has 0 bridgehead atoms. The van der Waals surface area contributed by atoms with Crippen LogP contribution < -0.4 is 4.74 Å². The van der Waals surface area contributed by atoms with Crippen molar-refractivity contribution in [2.75, 3.05) is 0 Å². The Bertz CT molecular complexity index is 584. The molecule has 0 spiro atoms. The van der Waals surface area contributed by atoms with Crippen LogP contribution in [-0.2, 0) is 6.61 Å². The number of fused-ring (bicyclic) bond motifs is 3. The van der Waals surface area contributed by atoms with Gasteiger partial charge in [-0.25, -0.2) is 4.98 Å². The molecule has 16 heavy (non-hydrogen) atoms. The molecule has 1 aromatic heterocycles. The molecule has 1 aromatic carbocycles. The standard InChI is InChI=1S/C10H4Br2ClNOS/c11-5-2-8-4(1-6(5)13)9-7(3-15-8)14-10(12)16-9/h1-2H,3H2. The number of benzene rings is 1. The van der Waals surface area contributed by atoms with Gasteiger partial charge in [-0.15, -0.1) is 11.3 Å². The van der Waals surface area contributed by atoms with E-state index in [0.29, 0.717) is 11.6 Å². The number of thiazole rings is 1. The first kappa shape index (κ1) is 11.0. The maximum atomic E-state index is 6.09. The molecular weight excluding hydrogens is 377 g/mol. The minimum atomic E-state index is 0.512. The summed E-state index contributed by atoms with van der Waals surface area (Å²) in [5.74, 6) is 0.847. The van der Waals surface area contributed by atoms with Gasteiger partial charge < -0.3 is 4.74 Å². The Morgan fingerprint density at radius 3 is 3.00 bits per heavy atom. The molecule has 82 valence electrons. The van der Waals surface area contributed by atoms with Crippen LogP contribution in [-0.4, -0.2) is 4.98 Å². The van der Waals surface area contributed by atoms with Gasteiger partial charge in [0.25, 0.3) is 0 Å². The lowest BCUT2D eigenvalue weighted by Crippen LogP contribution is -2.04. The third-order valence-electron chi connectivity index (χ3n) is 2.30. The maximum Gasteiger partial charge on any atom is 0.160 e. The minimum Gasteiger partial charge on any atom is -0.487 e. The fraction of sp³-hybridized carbons (Fsp3) is 0.100. The minimum absolute atomic E-state index is 0.512. The van der Waals surface area contributed by atoms with Gasteiger partial charge in [0, 0.05) is 10.0 Å². The lowest BCUT2D eigenvalue weighted by molar-refractivity contribution is 0.298. The Labute approximate surface area is 118 Å². The van der Waals surface area contributed by atoms with E-state index in [1.807, 2.05) is 12.1 Å². The average Bonchev–Trinajstić information content (AvgIpc) is 2.61. The number of ether oxygens (including phenoxy) is 1. The van der Waals surface area contributed by atoms with E-state index < -0.39 is 0 Å². The van der Waals surface area contributed by atoms with E-state index in [2.05, 4.69) is 36.8 Å². The first-order valence-electron chi connectivity index (χ1n) is 4.42. The topological polar surface area (TPSA) is 22.1 Å². The third kappa shape index (κ3) is 1.70. The second kappa shape index (κ2) is 3.98. The van der Waals surface area contributed by atoms with Crippen LogP contribution in [0, 0.1) is 0 Å². The molecule has 0 N–H and O–H groups in total. The molecule has 3 rings (SSSR count). The number of hydrogen-bond donors (Lipinski definition) is 0. The third-order valence-corrected chi connectivity index (χ3v) is 5.08. The highest BCUT2D eigenvalue weighted by atomic mass is 79.9. The Morgan fingerprint density at radius 1 is 1.38 bits per heavy atom. The second-order valence-electron chi connectivity index (χ2n) is 3.29. The fourth-order valence-corrected chi connectivity index (χ4v) is 3.60. The Morgan fingerprint density at radius 2 is 2.19 bits per heavy atom. The molecular formula is C10H4Br2ClNOS. The van der Waals surface area contributed by atoms with Gasteiger partial charge >= 0.3 is 0 Å². The van der Waals surface area contributed by atoms with E-state index in [1.54, 1.807) is 11.3 Å². The summed E-state index contributed by atoms with van der Waals surface area (Å²) in [7, 11) is 0. The van der Waals surface area contributed by atoms with Crippen LogP contribution in [0.1, 0.15) is 5.69 Å². The van der Waals surface area contributed by atoms with Gasteiger partial charge in [-0.05, 0) is 44.0 Å². The Kier molecular flexibility index (Phi) is 2.74. The highest BCUT2D eigenvalue weighted by Gasteiger charge is 2.22. The first-order chi connectivity index (χ1) is 7.65. The molecule has 0 amide bonds. The quantitative estimate of drug-likeness (QED) is 0.649. The zero-order chi connectivity index (χ0) is 11.3. The smallest absolute Gasteiger partial charge is 0.160 e. The van der Waals surface area contributed by atoms with Crippen LogP contribution >= 0.6 is 54.8 Å². The van der Waals surface area contributed by atoms with E-state index in [0.717, 1.165) is 30.3 Å². The molecule has 2 aromatic rings. The molecule has 1 aliphatic heterocycles. The predicted molar refractivity (Wildman–Crippen MR) is 72.3 cm³/mol. The summed E-state index contributed by atoms with van der Waals surface area (Å²) in [6, 6.07) is 3.80. The predicted octanol–water partition coefficient (Wildman–Crippen LogP) is 4.88. The number of rotatable bonds is 0. The lowest BCUT2D eigenvalue weighted by Gasteiger charge is -2.17. The van der Waals surface area contributed by atoms with E-state index in [1.165, 1.54) is 0 Å². The van der Waals surface area contributed by atoms with Crippen molar-refractivity contribution in [3.8, 4) is 16.2 Å². The van der Waals surface area contributed by atoms with Gasteiger partial charge in [0.1, 0.15) is 12.4 Å². The molecule has 2 nitrogen and oxygen atoms in total. The molecule has 0 radical (unpaired) electrons. The number of nitrogens with zero attached hydrogens (tertiary/aromatic N) is 1. The number of aromatic nitrogens is 1. The second-order valence-corrected chi connectivity index (χ2v) is 6.83. The Balaban J connectivity index is 2.27. The van der Waals surface area contributed by atoms with Gasteiger partial charge in [-0.3, -0.25) is 0 Å². The van der Waals surface area contributed by atoms with E-state index >= 15 is 0 Å². The summed E-state index contributed by atoms with van der Waals surface area (Å²) in [5, 5.41) is 0.680. The number of hydrogen-bond acceptors (Lipinski definition) is 3. The molecule has 2 heterocycles. The van der Waals surface area contributed by atoms with Crippen molar-refractivity contribution in [3.05, 3.63) is 31.2 Å². The molecule has 0 atom stereocenters. The molecule has 0 unspecified atom stereocenters. The summed E-state index contributed by atoms with van der Waals surface area (Å²) in [6.07, 6.45) is 0. The van der Waals surface area contributed by atoms with Gasteiger partial charge in [0.2, 0.25) is 0 Å². The van der Waals surface area contributed by atoms with Crippen molar-refractivity contribution in [2.45, 2.75) is 6.61 Å². The van der Waals surface area contributed by atoms with Crippen LogP contribution in [0.15, 0.2) is 20.5 Å². The highest BCUT2D eigenvalue weighted by molar-refractivity contribution is 9.11. The normalized spacial score (nSPS) is 12.9. The van der Waals surface area contributed by atoms with Crippen molar-refractivity contribution in [3.63, 3.8) is 0 Å².